The lowest BCUT2D eigenvalue weighted by molar-refractivity contribution is -0.0926. The van der Waals surface area contributed by atoms with Crippen LogP contribution in [0.2, 0.25) is 0 Å². The van der Waals surface area contributed by atoms with Crippen molar-refractivity contribution in [1.29, 1.82) is 0 Å². The minimum absolute atomic E-state index is 0.0114. The molecule has 0 aromatic carbocycles. The van der Waals surface area contributed by atoms with E-state index >= 15 is 0 Å². The third kappa shape index (κ3) is 4.45. The molecule has 0 rings (SSSR count). The largest absolute Gasteiger partial charge is 0.430 e. The Labute approximate surface area is 75.1 Å². The van der Waals surface area contributed by atoms with Crippen molar-refractivity contribution < 1.29 is 13.2 Å². The Hall–Kier alpha value is -1.13. The fraction of sp³-hybridized carbons (Fsp3) is 0.500. The number of alkyl halides is 3. The molecule has 13 heavy (non-hydrogen) atoms. The van der Waals surface area contributed by atoms with E-state index in [1.165, 1.54) is 6.08 Å². The van der Waals surface area contributed by atoms with Crippen LogP contribution in [0.3, 0.4) is 0 Å². The van der Waals surface area contributed by atoms with E-state index in [-0.39, 0.29) is 5.92 Å². The highest BCUT2D eigenvalue weighted by Gasteiger charge is 2.30. The van der Waals surface area contributed by atoms with Gasteiger partial charge in [-0.3, -0.25) is 0 Å². The quantitative estimate of drug-likeness (QED) is 0.659. The van der Waals surface area contributed by atoms with Crippen molar-refractivity contribution >= 4 is 0 Å². The van der Waals surface area contributed by atoms with Gasteiger partial charge in [0.25, 0.3) is 0 Å². The molecule has 0 heterocycles. The van der Waals surface area contributed by atoms with Crippen LogP contribution in [0.4, 0.5) is 13.2 Å². The Morgan fingerprint density at radius 3 is 1.92 bits per heavy atom. The zero-order valence-corrected chi connectivity index (χ0v) is 7.52. The Balaban J connectivity index is 4.52. The molecule has 0 aromatic heterocycles. The van der Waals surface area contributed by atoms with E-state index in [4.69, 9.17) is 11.5 Å². The van der Waals surface area contributed by atoms with Crippen LogP contribution in [0.15, 0.2) is 23.5 Å². The summed E-state index contributed by atoms with van der Waals surface area (Å²) in [4.78, 5) is 0. The Bertz CT molecular complexity index is 226. The van der Waals surface area contributed by atoms with Gasteiger partial charge in [0.05, 0.1) is 0 Å². The van der Waals surface area contributed by atoms with Crippen LogP contribution in [0.25, 0.3) is 0 Å². The minimum Gasteiger partial charge on any atom is -0.402 e. The molecule has 0 radical (unpaired) electrons. The van der Waals surface area contributed by atoms with Gasteiger partial charge in [0.2, 0.25) is 0 Å². The molecular weight excluding hydrogens is 181 g/mol. The molecule has 0 unspecified atom stereocenters. The third-order valence-electron chi connectivity index (χ3n) is 1.45. The van der Waals surface area contributed by atoms with E-state index in [0.717, 1.165) is 6.08 Å². The van der Waals surface area contributed by atoms with E-state index in [0.29, 0.717) is 5.70 Å². The first-order valence-electron chi connectivity index (χ1n) is 3.75. The molecule has 0 atom stereocenters. The van der Waals surface area contributed by atoms with Gasteiger partial charge < -0.3 is 11.5 Å². The second-order valence-electron chi connectivity index (χ2n) is 2.94. The minimum atomic E-state index is -4.48. The van der Waals surface area contributed by atoms with E-state index in [2.05, 4.69) is 0 Å². The molecule has 0 aliphatic heterocycles. The first-order chi connectivity index (χ1) is 5.75. The van der Waals surface area contributed by atoms with Gasteiger partial charge in [-0.05, 0) is 18.1 Å². The average molecular weight is 194 g/mol. The van der Waals surface area contributed by atoms with Gasteiger partial charge in [0.1, 0.15) is 5.70 Å². The normalized spacial score (nSPS) is 15.2. The summed E-state index contributed by atoms with van der Waals surface area (Å²) in [5, 5.41) is 0. The molecule has 76 valence electrons. The molecule has 0 aliphatic rings. The van der Waals surface area contributed by atoms with Crippen molar-refractivity contribution in [3.05, 3.63) is 23.5 Å². The van der Waals surface area contributed by atoms with Crippen LogP contribution in [0, 0.1) is 5.92 Å². The topological polar surface area (TPSA) is 52.0 Å². The summed E-state index contributed by atoms with van der Waals surface area (Å²) in [5.41, 5.74) is 9.36. The lowest BCUT2D eigenvalue weighted by Crippen LogP contribution is -2.19. The van der Waals surface area contributed by atoms with E-state index in [1.54, 1.807) is 13.8 Å². The zero-order valence-electron chi connectivity index (χ0n) is 7.52. The van der Waals surface area contributed by atoms with Gasteiger partial charge in [0, 0.05) is 5.70 Å². The van der Waals surface area contributed by atoms with Gasteiger partial charge in [-0.2, -0.15) is 13.2 Å². The number of halogens is 3. The highest BCUT2D eigenvalue weighted by Crippen LogP contribution is 2.21. The summed E-state index contributed by atoms with van der Waals surface area (Å²) < 4.78 is 35.5. The van der Waals surface area contributed by atoms with Gasteiger partial charge in [-0.25, -0.2) is 0 Å². The summed E-state index contributed by atoms with van der Waals surface area (Å²) in [7, 11) is 0. The smallest absolute Gasteiger partial charge is 0.402 e. The highest BCUT2D eigenvalue weighted by molar-refractivity contribution is 5.17. The van der Waals surface area contributed by atoms with Gasteiger partial charge in [0.15, 0.2) is 0 Å². The van der Waals surface area contributed by atoms with Gasteiger partial charge in [-0.1, -0.05) is 13.8 Å². The molecule has 0 aromatic rings. The molecular formula is C8H13F3N2. The van der Waals surface area contributed by atoms with Gasteiger partial charge in [-0.15, -0.1) is 0 Å². The van der Waals surface area contributed by atoms with E-state index < -0.39 is 11.9 Å². The molecule has 0 fully saturated rings. The summed E-state index contributed by atoms with van der Waals surface area (Å²) in [6.07, 6.45) is -2.53. The second kappa shape index (κ2) is 4.20. The standard InChI is InChI=1S/C8H13F3N2/c1-5(2)6(12)3-4-7(13)8(9,10)11/h3-5H,12-13H2,1-2H3/b6-3-,7-4-. The maximum Gasteiger partial charge on any atom is 0.430 e. The van der Waals surface area contributed by atoms with Crippen LogP contribution in [-0.2, 0) is 0 Å². The molecule has 2 nitrogen and oxygen atoms in total. The van der Waals surface area contributed by atoms with E-state index in [1.807, 2.05) is 0 Å². The highest BCUT2D eigenvalue weighted by atomic mass is 19.4. The SMILES string of the molecule is CC(C)/C(N)=C/C=C(\N)C(F)(F)F. The fourth-order valence-corrected chi connectivity index (χ4v) is 0.473. The van der Waals surface area contributed by atoms with Crippen molar-refractivity contribution in [2.24, 2.45) is 17.4 Å². The van der Waals surface area contributed by atoms with Crippen molar-refractivity contribution in [3.63, 3.8) is 0 Å². The summed E-state index contributed by atoms with van der Waals surface area (Å²) in [5.74, 6) is 0.0114. The lowest BCUT2D eigenvalue weighted by Gasteiger charge is -2.06. The Kier molecular flexibility index (Phi) is 3.84. The molecule has 4 N–H and O–H groups in total. The third-order valence-corrected chi connectivity index (χ3v) is 1.45. The lowest BCUT2D eigenvalue weighted by atomic mass is 10.1. The van der Waals surface area contributed by atoms with Crippen molar-refractivity contribution in [2.45, 2.75) is 20.0 Å². The predicted molar refractivity (Wildman–Crippen MR) is 45.4 cm³/mol. The van der Waals surface area contributed by atoms with Crippen LogP contribution in [0.1, 0.15) is 13.8 Å². The van der Waals surface area contributed by atoms with Crippen molar-refractivity contribution in [2.75, 3.05) is 0 Å². The molecule has 0 aliphatic carbocycles. The monoisotopic (exact) mass is 194 g/mol. The van der Waals surface area contributed by atoms with Crippen LogP contribution < -0.4 is 11.5 Å². The van der Waals surface area contributed by atoms with Gasteiger partial charge >= 0.3 is 6.18 Å². The first-order valence-corrected chi connectivity index (χ1v) is 3.75. The maximum absolute atomic E-state index is 11.8. The van der Waals surface area contributed by atoms with Crippen LogP contribution >= 0.6 is 0 Å². The number of hydrogen-bond acceptors (Lipinski definition) is 2. The molecule has 0 saturated heterocycles. The number of hydrogen-bond donors (Lipinski definition) is 2. The van der Waals surface area contributed by atoms with E-state index in [9.17, 15) is 13.2 Å². The molecule has 0 amide bonds. The zero-order chi connectivity index (χ0) is 10.6. The second-order valence-corrected chi connectivity index (χ2v) is 2.94. The average Bonchev–Trinajstić information content (AvgIpc) is 1.97. The van der Waals surface area contributed by atoms with Crippen molar-refractivity contribution in [3.8, 4) is 0 Å². The van der Waals surface area contributed by atoms with Crippen LogP contribution in [-0.4, -0.2) is 6.18 Å². The summed E-state index contributed by atoms with van der Waals surface area (Å²) in [6, 6.07) is 0. The number of nitrogens with two attached hydrogens (primary N) is 2. The fourth-order valence-electron chi connectivity index (χ4n) is 0.473. The number of rotatable bonds is 2. The first kappa shape index (κ1) is 11.9. The summed E-state index contributed by atoms with van der Waals surface area (Å²) in [6.45, 7) is 3.56. The molecule has 0 spiro atoms. The van der Waals surface area contributed by atoms with Crippen molar-refractivity contribution in [1.82, 2.24) is 0 Å². The van der Waals surface area contributed by atoms with Crippen LogP contribution in [0.5, 0.6) is 0 Å². The number of allylic oxidation sites excluding steroid dienone is 4. The Morgan fingerprint density at radius 2 is 1.62 bits per heavy atom. The molecule has 5 heteroatoms. The molecule has 0 saturated carbocycles. The maximum atomic E-state index is 11.8. The molecule has 0 bridgehead atoms. The summed E-state index contributed by atoms with van der Waals surface area (Å²) >= 11 is 0. The predicted octanol–water partition coefficient (Wildman–Crippen LogP) is 1.89. The Morgan fingerprint density at radius 1 is 1.15 bits per heavy atom.